The molecular weight excluding hydrogens is 224 g/mol. The Morgan fingerprint density at radius 2 is 2.00 bits per heavy atom. The zero-order valence-corrected chi connectivity index (χ0v) is 10.6. The van der Waals surface area contributed by atoms with Crippen LogP contribution in [-0.4, -0.2) is 19.0 Å². The van der Waals surface area contributed by atoms with Crippen molar-refractivity contribution in [1.82, 2.24) is 0 Å². The summed E-state index contributed by atoms with van der Waals surface area (Å²) < 4.78 is 5.31. The van der Waals surface area contributed by atoms with E-state index in [9.17, 15) is 0 Å². The summed E-state index contributed by atoms with van der Waals surface area (Å²) in [4.78, 5) is 2.35. The second-order valence-electron chi connectivity index (χ2n) is 4.13. The molecule has 0 radical (unpaired) electrons. The summed E-state index contributed by atoms with van der Waals surface area (Å²) >= 11 is 6.20. The largest absolute Gasteiger partial charge is 0.380 e. The highest BCUT2D eigenvalue weighted by atomic mass is 32.2. The van der Waals surface area contributed by atoms with Crippen LogP contribution in [0.5, 0.6) is 0 Å². The van der Waals surface area contributed by atoms with Gasteiger partial charge in [0.15, 0.2) is 0 Å². The van der Waals surface area contributed by atoms with Crippen molar-refractivity contribution in [2.45, 2.75) is 23.1 Å². The van der Waals surface area contributed by atoms with Crippen molar-refractivity contribution in [3.63, 3.8) is 0 Å². The van der Waals surface area contributed by atoms with Crippen LogP contribution in [0, 0.1) is 5.41 Å². The lowest BCUT2D eigenvalue weighted by Crippen LogP contribution is -2.44. The molecule has 0 atom stereocenters. The smallest absolute Gasteiger partial charge is 0.0552 e. The molecule has 1 saturated heterocycles. The van der Waals surface area contributed by atoms with E-state index in [1.165, 1.54) is 11.3 Å². The number of hydrogen-bond acceptors (Lipinski definition) is 3. The zero-order chi connectivity index (χ0) is 10.7. The molecule has 1 nitrogen and oxygen atoms in total. The Hall–Kier alpha value is -0.120. The minimum Gasteiger partial charge on any atom is -0.380 e. The highest BCUT2D eigenvalue weighted by molar-refractivity contribution is 7.99. The third kappa shape index (κ3) is 2.71. The van der Waals surface area contributed by atoms with Crippen molar-refractivity contribution in [1.29, 1.82) is 0 Å². The number of thiol groups is 1. The molecule has 1 heterocycles. The van der Waals surface area contributed by atoms with Crippen LogP contribution in [0.15, 0.2) is 34.1 Å². The molecule has 82 valence electrons. The van der Waals surface area contributed by atoms with Gasteiger partial charge in [-0.3, -0.25) is 0 Å². The molecule has 0 aliphatic carbocycles. The molecule has 0 aromatic heterocycles. The predicted octanol–water partition coefficient (Wildman–Crippen LogP) is 3.49. The van der Waals surface area contributed by atoms with E-state index in [1.54, 1.807) is 0 Å². The molecule has 1 aliphatic rings. The van der Waals surface area contributed by atoms with E-state index in [1.807, 2.05) is 23.9 Å². The first-order chi connectivity index (χ1) is 7.24. The van der Waals surface area contributed by atoms with Crippen molar-refractivity contribution < 1.29 is 4.74 Å². The molecule has 1 aromatic carbocycles. The van der Waals surface area contributed by atoms with Gasteiger partial charge in [0.25, 0.3) is 0 Å². The van der Waals surface area contributed by atoms with Gasteiger partial charge in [-0.25, -0.2) is 0 Å². The Bertz CT molecular complexity index is 311. The van der Waals surface area contributed by atoms with Crippen LogP contribution in [0.25, 0.3) is 0 Å². The lowest BCUT2D eigenvalue weighted by molar-refractivity contribution is -0.0994. The average molecular weight is 240 g/mol. The van der Waals surface area contributed by atoms with Gasteiger partial charge in [-0.2, -0.15) is 0 Å². The summed E-state index contributed by atoms with van der Waals surface area (Å²) in [6.07, 6.45) is 1.21. The van der Waals surface area contributed by atoms with Crippen LogP contribution in [0.4, 0.5) is 0 Å². The SMILES string of the molecule is CCC1(CSc2ccc(S)cc2)COC1. The van der Waals surface area contributed by atoms with E-state index in [-0.39, 0.29) is 0 Å². The van der Waals surface area contributed by atoms with Gasteiger partial charge in [0.1, 0.15) is 0 Å². The summed E-state index contributed by atoms with van der Waals surface area (Å²) in [5.41, 5.74) is 0.435. The topological polar surface area (TPSA) is 9.23 Å². The number of ether oxygens (including phenoxy) is 1. The van der Waals surface area contributed by atoms with Gasteiger partial charge < -0.3 is 4.74 Å². The fraction of sp³-hybridized carbons (Fsp3) is 0.500. The lowest BCUT2D eigenvalue weighted by Gasteiger charge is -2.40. The molecule has 0 saturated carbocycles. The fourth-order valence-electron chi connectivity index (χ4n) is 1.56. The standard InChI is InChI=1S/C12H16OS2/c1-2-12(7-13-8-12)9-15-11-5-3-10(14)4-6-11/h3-6,14H,2,7-9H2,1H3. The van der Waals surface area contributed by atoms with Crippen molar-refractivity contribution in [3.05, 3.63) is 24.3 Å². The summed E-state index contributed by atoms with van der Waals surface area (Å²) in [6.45, 7) is 4.11. The first-order valence-corrected chi connectivity index (χ1v) is 6.67. The van der Waals surface area contributed by atoms with Gasteiger partial charge in [-0.05, 0) is 30.7 Å². The highest BCUT2D eigenvalue weighted by Crippen LogP contribution is 2.37. The van der Waals surface area contributed by atoms with Crippen LogP contribution < -0.4 is 0 Å². The second kappa shape index (κ2) is 4.81. The van der Waals surface area contributed by atoms with E-state index in [2.05, 4.69) is 31.7 Å². The Morgan fingerprint density at radius 1 is 1.33 bits per heavy atom. The maximum absolute atomic E-state index is 5.31. The molecule has 2 rings (SSSR count). The molecule has 15 heavy (non-hydrogen) atoms. The van der Waals surface area contributed by atoms with E-state index < -0.39 is 0 Å². The van der Waals surface area contributed by atoms with Crippen LogP contribution in [0.1, 0.15) is 13.3 Å². The molecule has 3 heteroatoms. The Balaban J connectivity index is 1.90. The van der Waals surface area contributed by atoms with E-state index >= 15 is 0 Å². The Kier molecular flexibility index (Phi) is 3.65. The van der Waals surface area contributed by atoms with E-state index in [4.69, 9.17) is 4.74 Å². The first-order valence-electron chi connectivity index (χ1n) is 5.24. The third-order valence-corrected chi connectivity index (χ3v) is 4.61. The van der Waals surface area contributed by atoms with Gasteiger partial charge in [0, 0.05) is 21.0 Å². The molecule has 0 unspecified atom stereocenters. The molecule has 1 aliphatic heterocycles. The number of hydrogen-bond donors (Lipinski definition) is 1. The van der Waals surface area contributed by atoms with Crippen LogP contribution >= 0.6 is 24.4 Å². The summed E-state index contributed by atoms with van der Waals surface area (Å²) in [5.74, 6) is 1.16. The summed E-state index contributed by atoms with van der Waals surface area (Å²) in [6, 6.07) is 8.36. The van der Waals surface area contributed by atoms with Gasteiger partial charge in [-0.1, -0.05) is 6.92 Å². The van der Waals surface area contributed by atoms with Crippen molar-refractivity contribution in [2.24, 2.45) is 5.41 Å². The molecule has 0 amide bonds. The van der Waals surface area contributed by atoms with Crippen LogP contribution in [0.3, 0.4) is 0 Å². The van der Waals surface area contributed by atoms with Crippen molar-refractivity contribution in [2.75, 3.05) is 19.0 Å². The molecule has 0 spiro atoms. The molecule has 0 bridgehead atoms. The average Bonchev–Trinajstić information content (AvgIpc) is 2.20. The number of rotatable bonds is 4. The summed E-state index contributed by atoms with van der Waals surface area (Å²) in [5, 5.41) is 0. The van der Waals surface area contributed by atoms with Gasteiger partial charge >= 0.3 is 0 Å². The van der Waals surface area contributed by atoms with Gasteiger partial charge in [0.2, 0.25) is 0 Å². The minimum absolute atomic E-state index is 0.435. The molecular formula is C12H16OS2. The monoisotopic (exact) mass is 240 g/mol. The molecule has 1 fully saturated rings. The normalized spacial score (nSPS) is 18.5. The number of benzene rings is 1. The van der Waals surface area contributed by atoms with E-state index in [0.717, 1.165) is 23.9 Å². The Labute approximate surface area is 101 Å². The van der Waals surface area contributed by atoms with Crippen molar-refractivity contribution in [3.8, 4) is 0 Å². The fourth-order valence-corrected chi connectivity index (χ4v) is 2.88. The molecule has 1 aromatic rings. The maximum atomic E-state index is 5.31. The number of thioether (sulfide) groups is 1. The quantitative estimate of drug-likeness (QED) is 0.637. The van der Waals surface area contributed by atoms with Crippen LogP contribution in [-0.2, 0) is 4.74 Å². The highest BCUT2D eigenvalue weighted by Gasteiger charge is 2.36. The predicted molar refractivity (Wildman–Crippen MR) is 68.0 cm³/mol. The summed E-state index contributed by atoms with van der Waals surface area (Å²) in [7, 11) is 0. The Morgan fingerprint density at radius 3 is 2.47 bits per heavy atom. The maximum Gasteiger partial charge on any atom is 0.0552 e. The van der Waals surface area contributed by atoms with E-state index in [0.29, 0.717) is 5.41 Å². The minimum atomic E-state index is 0.435. The van der Waals surface area contributed by atoms with Gasteiger partial charge in [-0.15, -0.1) is 24.4 Å². The zero-order valence-electron chi connectivity index (χ0n) is 8.90. The van der Waals surface area contributed by atoms with Crippen molar-refractivity contribution >= 4 is 24.4 Å². The third-order valence-electron chi connectivity index (χ3n) is 2.95. The second-order valence-corrected chi connectivity index (χ2v) is 5.69. The van der Waals surface area contributed by atoms with Crippen LogP contribution in [0.2, 0.25) is 0 Å². The van der Waals surface area contributed by atoms with Gasteiger partial charge in [0.05, 0.1) is 13.2 Å². The first kappa shape index (κ1) is 11.4. The molecule has 0 N–H and O–H groups in total. The lowest BCUT2D eigenvalue weighted by atomic mass is 9.86.